The monoisotopic (exact) mass is 300 g/mol. The van der Waals surface area contributed by atoms with E-state index >= 15 is 0 Å². The van der Waals surface area contributed by atoms with Gasteiger partial charge in [-0.15, -0.1) is 0 Å². The van der Waals surface area contributed by atoms with Gasteiger partial charge >= 0.3 is 0 Å². The van der Waals surface area contributed by atoms with E-state index in [2.05, 4.69) is 10.0 Å². The third kappa shape index (κ3) is 3.37. The number of hydrogen-bond acceptors (Lipinski definition) is 3. The lowest BCUT2D eigenvalue weighted by Crippen LogP contribution is -2.36. The Morgan fingerprint density at radius 3 is 2.65 bits per heavy atom. The number of sulfonamides is 1. The maximum atomic E-state index is 14.0. The van der Waals surface area contributed by atoms with E-state index in [1.165, 1.54) is 12.1 Å². The van der Waals surface area contributed by atoms with E-state index in [1.54, 1.807) is 13.1 Å². The molecule has 2 atom stereocenters. The standard InChI is InChI=1S/C14H21FN2O2S/c1-10-4-3-5-13(10)17-20(18,19)14-7-6-11(9-16-2)8-12(14)15/h6-8,10,13,16-17H,3-5,9H2,1-2H3. The molecule has 0 bridgehead atoms. The van der Waals surface area contributed by atoms with Crippen LogP contribution in [0, 0.1) is 11.7 Å². The molecule has 1 aliphatic carbocycles. The fourth-order valence-corrected chi connectivity index (χ4v) is 4.10. The highest BCUT2D eigenvalue weighted by atomic mass is 32.2. The van der Waals surface area contributed by atoms with Gasteiger partial charge in [0, 0.05) is 12.6 Å². The zero-order chi connectivity index (χ0) is 14.8. The van der Waals surface area contributed by atoms with Crippen molar-refractivity contribution in [3.8, 4) is 0 Å². The van der Waals surface area contributed by atoms with E-state index in [0.717, 1.165) is 24.8 Å². The highest BCUT2D eigenvalue weighted by Gasteiger charge is 2.29. The van der Waals surface area contributed by atoms with Gasteiger partial charge in [0.25, 0.3) is 0 Å². The number of hydrogen-bond donors (Lipinski definition) is 2. The molecule has 0 heterocycles. The fraction of sp³-hybridized carbons (Fsp3) is 0.571. The summed E-state index contributed by atoms with van der Waals surface area (Å²) >= 11 is 0. The first-order valence-electron chi connectivity index (χ1n) is 6.89. The SMILES string of the molecule is CNCc1ccc(S(=O)(=O)NC2CCCC2C)c(F)c1. The molecule has 0 spiro atoms. The minimum Gasteiger partial charge on any atom is -0.316 e. The van der Waals surface area contributed by atoms with Crippen molar-refractivity contribution in [2.75, 3.05) is 7.05 Å². The van der Waals surface area contributed by atoms with Crippen molar-refractivity contribution in [1.29, 1.82) is 0 Å². The number of benzene rings is 1. The minimum absolute atomic E-state index is 0.0867. The zero-order valence-electron chi connectivity index (χ0n) is 11.8. The van der Waals surface area contributed by atoms with Crippen LogP contribution in [0.2, 0.25) is 0 Å². The first-order chi connectivity index (χ1) is 9.44. The van der Waals surface area contributed by atoms with Crippen molar-refractivity contribution < 1.29 is 12.8 Å². The lowest BCUT2D eigenvalue weighted by molar-refractivity contribution is 0.473. The van der Waals surface area contributed by atoms with Gasteiger partial charge < -0.3 is 5.32 Å². The van der Waals surface area contributed by atoms with Gasteiger partial charge in [-0.3, -0.25) is 0 Å². The maximum Gasteiger partial charge on any atom is 0.243 e. The van der Waals surface area contributed by atoms with Crippen LogP contribution in [0.4, 0.5) is 4.39 Å². The third-order valence-corrected chi connectivity index (χ3v) is 5.36. The predicted octanol–water partition coefficient (Wildman–Crippen LogP) is 2.01. The van der Waals surface area contributed by atoms with Crippen LogP contribution in [0.1, 0.15) is 31.7 Å². The van der Waals surface area contributed by atoms with Gasteiger partial charge in [0.05, 0.1) is 0 Å². The van der Waals surface area contributed by atoms with Gasteiger partial charge in [0.15, 0.2) is 0 Å². The molecule has 1 aliphatic rings. The third-order valence-electron chi connectivity index (χ3n) is 3.83. The van der Waals surface area contributed by atoms with E-state index in [-0.39, 0.29) is 10.9 Å². The summed E-state index contributed by atoms with van der Waals surface area (Å²) < 4.78 is 41.1. The molecule has 1 aromatic rings. The van der Waals surface area contributed by atoms with Crippen molar-refractivity contribution in [1.82, 2.24) is 10.0 Å². The fourth-order valence-electron chi connectivity index (χ4n) is 2.66. The van der Waals surface area contributed by atoms with Crippen LogP contribution < -0.4 is 10.0 Å². The Morgan fingerprint density at radius 1 is 1.35 bits per heavy atom. The van der Waals surface area contributed by atoms with Gasteiger partial charge in [0.2, 0.25) is 10.0 Å². The van der Waals surface area contributed by atoms with Crippen molar-refractivity contribution in [3.05, 3.63) is 29.6 Å². The highest BCUT2D eigenvalue weighted by Crippen LogP contribution is 2.27. The van der Waals surface area contributed by atoms with Crippen LogP contribution in [0.5, 0.6) is 0 Å². The van der Waals surface area contributed by atoms with Crippen LogP contribution in [0.3, 0.4) is 0 Å². The van der Waals surface area contributed by atoms with Gasteiger partial charge in [-0.05, 0) is 43.5 Å². The van der Waals surface area contributed by atoms with Crippen molar-refractivity contribution in [2.45, 2.75) is 43.7 Å². The minimum atomic E-state index is -3.78. The first-order valence-corrected chi connectivity index (χ1v) is 8.37. The van der Waals surface area contributed by atoms with E-state index < -0.39 is 15.8 Å². The predicted molar refractivity (Wildman–Crippen MR) is 76.3 cm³/mol. The molecular weight excluding hydrogens is 279 g/mol. The summed E-state index contributed by atoms with van der Waals surface area (Å²) in [5.74, 6) is -0.396. The summed E-state index contributed by atoms with van der Waals surface area (Å²) in [6.07, 6.45) is 2.84. The van der Waals surface area contributed by atoms with Crippen molar-refractivity contribution >= 4 is 10.0 Å². The van der Waals surface area contributed by atoms with Gasteiger partial charge in [0.1, 0.15) is 10.7 Å². The summed E-state index contributed by atoms with van der Waals surface area (Å²) in [4.78, 5) is -0.267. The Hall–Kier alpha value is -0.980. The molecule has 2 N–H and O–H groups in total. The van der Waals surface area contributed by atoms with Crippen LogP contribution in [0.15, 0.2) is 23.1 Å². The van der Waals surface area contributed by atoms with Crippen molar-refractivity contribution in [2.24, 2.45) is 5.92 Å². The Labute approximate surface area is 119 Å². The molecule has 2 unspecified atom stereocenters. The van der Waals surface area contributed by atoms with E-state index in [4.69, 9.17) is 0 Å². The Morgan fingerprint density at radius 2 is 2.10 bits per heavy atom. The lowest BCUT2D eigenvalue weighted by atomic mass is 10.1. The molecule has 1 fully saturated rings. The summed E-state index contributed by atoms with van der Waals surface area (Å²) in [5, 5.41) is 2.90. The molecule has 0 aliphatic heterocycles. The van der Waals surface area contributed by atoms with Crippen LogP contribution in [-0.4, -0.2) is 21.5 Å². The Bertz CT molecular complexity index is 575. The molecule has 20 heavy (non-hydrogen) atoms. The number of rotatable bonds is 5. The zero-order valence-corrected chi connectivity index (χ0v) is 12.6. The smallest absolute Gasteiger partial charge is 0.243 e. The molecule has 112 valence electrons. The number of nitrogens with one attached hydrogen (secondary N) is 2. The molecular formula is C14H21FN2O2S. The van der Waals surface area contributed by atoms with E-state index in [0.29, 0.717) is 12.5 Å². The van der Waals surface area contributed by atoms with Gasteiger partial charge in [-0.1, -0.05) is 19.4 Å². The molecule has 4 nitrogen and oxygen atoms in total. The van der Waals surface area contributed by atoms with Crippen molar-refractivity contribution in [3.63, 3.8) is 0 Å². The largest absolute Gasteiger partial charge is 0.316 e. The summed E-state index contributed by atoms with van der Waals surface area (Å²) in [6, 6.07) is 4.15. The van der Waals surface area contributed by atoms with E-state index in [9.17, 15) is 12.8 Å². The lowest BCUT2D eigenvalue weighted by Gasteiger charge is -2.17. The average Bonchev–Trinajstić information content (AvgIpc) is 2.74. The summed E-state index contributed by atoms with van der Waals surface area (Å²) in [7, 11) is -2.03. The van der Waals surface area contributed by atoms with Gasteiger partial charge in [-0.2, -0.15) is 0 Å². The maximum absolute atomic E-state index is 14.0. The van der Waals surface area contributed by atoms with Crippen LogP contribution in [-0.2, 0) is 16.6 Å². The molecule has 0 radical (unpaired) electrons. The Balaban J connectivity index is 2.20. The number of halogens is 1. The summed E-state index contributed by atoms with van der Waals surface area (Å²) in [6.45, 7) is 2.52. The second kappa shape index (κ2) is 6.20. The summed E-state index contributed by atoms with van der Waals surface area (Å²) in [5.41, 5.74) is 0.721. The van der Waals surface area contributed by atoms with Crippen LogP contribution >= 0.6 is 0 Å². The molecule has 0 aromatic heterocycles. The molecule has 6 heteroatoms. The topological polar surface area (TPSA) is 58.2 Å². The molecule has 0 saturated heterocycles. The molecule has 1 saturated carbocycles. The molecule has 0 amide bonds. The molecule has 1 aromatic carbocycles. The Kier molecular flexibility index (Phi) is 4.78. The average molecular weight is 300 g/mol. The van der Waals surface area contributed by atoms with E-state index in [1.807, 2.05) is 6.92 Å². The second-order valence-corrected chi connectivity index (χ2v) is 7.11. The van der Waals surface area contributed by atoms with Crippen LogP contribution in [0.25, 0.3) is 0 Å². The first kappa shape index (κ1) is 15.4. The highest BCUT2D eigenvalue weighted by molar-refractivity contribution is 7.89. The second-order valence-electron chi connectivity index (χ2n) is 5.43. The van der Waals surface area contributed by atoms with Gasteiger partial charge in [-0.25, -0.2) is 17.5 Å². The molecule has 2 rings (SSSR count). The normalized spacial score (nSPS) is 23.1. The quantitative estimate of drug-likeness (QED) is 0.874.